The van der Waals surface area contributed by atoms with Crippen LogP contribution in [0.25, 0.3) is 0 Å². The SMILES string of the molecule is CN=C(NCCN1CCCCC1C)NC1CC1C.I. The van der Waals surface area contributed by atoms with Crippen LogP contribution in [0.5, 0.6) is 0 Å². The zero-order chi connectivity index (χ0) is 13.0. The molecule has 0 bridgehead atoms. The summed E-state index contributed by atoms with van der Waals surface area (Å²) in [5, 5.41) is 6.89. The smallest absolute Gasteiger partial charge is 0.191 e. The van der Waals surface area contributed by atoms with Gasteiger partial charge in [0.15, 0.2) is 5.96 Å². The molecule has 3 unspecified atom stereocenters. The topological polar surface area (TPSA) is 39.7 Å². The number of hydrogen-bond donors (Lipinski definition) is 2. The normalized spacial score (nSPS) is 31.5. The van der Waals surface area contributed by atoms with E-state index in [0.29, 0.717) is 6.04 Å². The minimum atomic E-state index is 0. The molecular weight excluding hydrogens is 351 g/mol. The molecule has 19 heavy (non-hydrogen) atoms. The largest absolute Gasteiger partial charge is 0.355 e. The van der Waals surface area contributed by atoms with Crippen molar-refractivity contribution in [2.45, 2.75) is 51.6 Å². The van der Waals surface area contributed by atoms with Gasteiger partial charge in [-0.2, -0.15) is 0 Å². The Morgan fingerprint density at radius 2 is 2.05 bits per heavy atom. The van der Waals surface area contributed by atoms with Gasteiger partial charge in [0.25, 0.3) is 0 Å². The molecule has 2 N–H and O–H groups in total. The first-order valence-electron chi connectivity index (χ1n) is 7.42. The Labute approximate surface area is 134 Å². The summed E-state index contributed by atoms with van der Waals surface area (Å²) < 4.78 is 0. The second kappa shape index (κ2) is 8.29. The third kappa shape index (κ3) is 5.45. The third-order valence-electron chi connectivity index (χ3n) is 4.29. The number of halogens is 1. The molecule has 0 aromatic heterocycles. The molecule has 3 atom stereocenters. The van der Waals surface area contributed by atoms with Gasteiger partial charge in [-0.05, 0) is 38.6 Å². The summed E-state index contributed by atoms with van der Waals surface area (Å²) >= 11 is 0. The Morgan fingerprint density at radius 3 is 2.63 bits per heavy atom. The lowest BCUT2D eigenvalue weighted by Crippen LogP contribution is -2.45. The van der Waals surface area contributed by atoms with Crippen LogP contribution >= 0.6 is 24.0 Å². The molecule has 1 saturated heterocycles. The highest BCUT2D eigenvalue weighted by Gasteiger charge is 2.33. The maximum absolute atomic E-state index is 4.28. The molecule has 1 heterocycles. The molecule has 1 aliphatic heterocycles. The average molecular weight is 380 g/mol. The van der Waals surface area contributed by atoms with Crippen LogP contribution in [0, 0.1) is 5.92 Å². The van der Waals surface area contributed by atoms with Gasteiger partial charge in [0, 0.05) is 32.2 Å². The molecule has 0 spiro atoms. The van der Waals surface area contributed by atoms with Crippen LogP contribution in [0.4, 0.5) is 0 Å². The number of likely N-dealkylation sites (tertiary alicyclic amines) is 1. The highest BCUT2D eigenvalue weighted by molar-refractivity contribution is 14.0. The van der Waals surface area contributed by atoms with Crippen LogP contribution in [0.3, 0.4) is 0 Å². The van der Waals surface area contributed by atoms with Crippen LogP contribution < -0.4 is 10.6 Å². The van der Waals surface area contributed by atoms with Gasteiger partial charge in [-0.25, -0.2) is 0 Å². The number of guanidine groups is 1. The summed E-state index contributed by atoms with van der Waals surface area (Å²) in [5.41, 5.74) is 0. The van der Waals surface area contributed by atoms with E-state index in [1.807, 2.05) is 7.05 Å². The molecule has 1 aliphatic carbocycles. The summed E-state index contributed by atoms with van der Waals surface area (Å²) in [6.07, 6.45) is 5.39. The lowest BCUT2D eigenvalue weighted by atomic mass is 10.0. The van der Waals surface area contributed by atoms with E-state index in [9.17, 15) is 0 Å². The Hall–Kier alpha value is -0.0400. The van der Waals surface area contributed by atoms with E-state index in [-0.39, 0.29) is 24.0 Å². The lowest BCUT2D eigenvalue weighted by molar-refractivity contribution is 0.163. The Morgan fingerprint density at radius 1 is 1.32 bits per heavy atom. The molecule has 0 radical (unpaired) electrons. The van der Waals surface area contributed by atoms with Crippen molar-refractivity contribution >= 4 is 29.9 Å². The molecular formula is C14H29IN4. The van der Waals surface area contributed by atoms with Gasteiger partial charge >= 0.3 is 0 Å². The first-order valence-corrected chi connectivity index (χ1v) is 7.42. The van der Waals surface area contributed by atoms with Crippen LogP contribution in [-0.4, -0.2) is 49.6 Å². The molecule has 1 saturated carbocycles. The summed E-state index contributed by atoms with van der Waals surface area (Å²) in [4.78, 5) is 6.87. The Balaban J connectivity index is 0.00000180. The maximum atomic E-state index is 4.28. The monoisotopic (exact) mass is 380 g/mol. The van der Waals surface area contributed by atoms with E-state index in [2.05, 4.69) is 34.4 Å². The van der Waals surface area contributed by atoms with Crippen molar-refractivity contribution in [3.8, 4) is 0 Å². The fourth-order valence-electron chi connectivity index (χ4n) is 2.70. The Kier molecular flexibility index (Phi) is 7.42. The van der Waals surface area contributed by atoms with Crippen molar-refractivity contribution in [1.82, 2.24) is 15.5 Å². The first-order chi connectivity index (χ1) is 8.70. The van der Waals surface area contributed by atoms with E-state index in [0.717, 1.165) is 31.0 Å². The minimum Gasteiger partial charge on any atom is -0.355 e. The number of aliphatic imine (C=N–C) groups is 1. The maximum Gasteiger partial charge on any atom is 0.191 e. The number of nitrogens with one attached hydrogen (secondary N) is 2. The van der Waals surface area contributed by atoms with Crippen molar-refractivity contribution in [3.05, 3.63) is 0 Å². The van der Waals surface area contributed by atoms with Gasteiger partial charge in [0.2, 0.25) is 0 Å². The summed E-state index contributed by atoms with van der Waals surface area (Å²) in [6.45, 7) is 8.00. The van der Waals surface area contributed by atoms with Crippen molar-refractivity contribution in [1.29, 1.82) is 0 Å². The van der Waals surface area contributed by atoms with Gasteiger partial charge in [-0.15, -0.1) is 24.0 Å². The van der Waals surface area contributed by atoms with Crippen molar-refractivity contribution < 1.29 is 0 Å². The molecule has 2 fully saturated rings. The lowest BCUT2D eigenvalue weighted by Gasteiger charge is -2.33. The predicted molar refractivity (Wildman–Crippen MR) is 92.4 cm³/mol. The molecule has 2 rings (SSSR count). The van der Waals surface area contributed by atoms with E-state index in [1.165, 1.54) is 32.2 Å². The summed E-state index contributed by atoms with van der Waals surface area (Å²) in [6, 6.07) is 1.39. The minimum absolute atomic E-state index is 0. The Bertz CT molecular complexity index is 295. The third-order valence-corrected chi connectivity index (χ3v) is 4.29. The molecule has 5 heteroatoms. The summed E-state index contributed by atoms with van der Waals surface area (Å²) in [7, 11) is 1.85. The average Bonchev–Trinajstić information content (AvgIpc) is 3.06. The fraction of sp³-hybridized carbons (Fsp3) is 0.929. The number of hydrogen-bond acceptors (Lipinski definition) is 2. The van der Waals surface area contributed by atoms with Gasteiger partial charge in [-0.3, -0.25) is 9.89 Å². The van der Waals surface area contributed by atoms with E-state index < -0.39 is 0 Å². The standard InChI is InChI=1S/C14H28N4.HI/c1-11-10-13(11)17-14(15-3)16-7-9-18-8-5-4-6-12(18)2;/h11-13H,4-10H2,1-3H3,(H2,15,16,17);1H. The molecule has 4 nitrogen and oxygen atoms in total. The van der Waals surface area contributed by atoms with Crippen LogP contribution in [0.15, 0.2) is 4.99 Å². The van der Waals surface area contributed by atoms with Crippen molar-refractivity contribution in [2.75, 3.05) is 26.7 Å². The molecule has 2 aliphatic rings. The molecule has 0 aromatic carbocycles. The van der Waals surface area contributed by atoms with Gasteiger partial charge < -0.3 is 10.6 Å². The van der Waals surface area contributed by atoms with Crippen LogP contribution in [0.1, 0.15) is 39.5 Å². The first kappa shape index (κ1) is 17.0. The van der Waals surface area contributed by atoms with Crippen molar-refractivity contribution in [2.24, 2.45) is 10.9 Å². The van der Waals surface area contributed by atoms with Crippen LogP contribution in [-0.2, 0) is 0 Å². The van der Waals surface area contributed by atoms with Crippen molar-refractivity contribution in [3.63, 3.8) is 0 Å². The molecule has 0 aromatic rings. The number of rotatable bonds is 4. The zero-order valence-electron chi connectivity index (χ0n) is 12.5. The molecule has 112 valence electrons. The highest BCUT2D eigenvalue weighted by atomic mass is 127. The second-order valence-electron chi connectivity index (χ2n) is 5.84. The fourth-order valence-corrected chi connectivity index (χ4v) is 2.70. The number of nitrogens with zero attached hydrogens (tertiary/aromatic N) is 2. The van der Waals surface area contributed by atoms with E-state index in [4.69, 9.17) is 0 Å². The quantitative estimate of drug-likeness (QED) is 0.446. The number of piperidine rings is 1. The van der Waals surface area contributed by atoms with E-state index in [1.54, 1.807) is 0 Å². The van der Waals surface area contributed by atoms with Gasteiger partial charge in [0.1, 0.15) is 0 Å². The molecule has 0 amide bonds. The highest BCUT2D eigenvalue weighted by Crippen LogP contribution is 2.28. The zero-order valence-corrected chi connectivity index (χ0v) is 14.8. The van der Waals surface area contributed by atoms with Crippen LogP contribution in [0.2, 0.25) is 0 Å². The second-order valence-corrected chi connectivity index (χ2v) is 5.84. The van der Waals surface area contributed by atoms with Gasteiger partial charge in [-0.1, -0.05) is 13.3 Å². The predicted octanol–water partition coefficient (Wildman–Crippen LogP) is 2.05. The summed E-state index contributed by atoms with van der Waals surface area (Å²) in [5.74, 6) is 1.78. The van der Waals surface area contributed by atoms with E-state index >= 15 is 0 Å². The van der Waals surface area contributed by atoms with Gasteiger partial charge in [0.05, 0.1) is 0 Å².